The second-order valence-electron chi connectivity index (χ2n) is 4.06. The molecule has 0 aliphatic rings. The minimum Gasteiger partial charge on any atom is -0.432 e. The standard InChI is InChI=1S/C12H9BF5NO/c14-12(15,16)13(17,18)20-19-8-6-11(7-9-19)10-4-2-1-3-5-10/h1-9H. The Balaban J connectivity index is 2.18. The van der Waals surface area contributed by atoms with Crippen molar-refractivity contribution < 1.29 is 31.3 Å². The van der Waals surface area contributed by atoms with Crippen molar-refractivity contribution in [1.82, 2.24) is 0 Å². The van der Waals surface area contributed by atoms with E-state index < -0.39 is 13.0 Å². The first-order valence-corrected chi connectivity index (χ1v) is 5.63. The van der Waals surface area contributed by atoms with Gasteiger partial charge in [-0.15, -0.1) is 0 Å². The normalized spacial score (nSPS) is 12.2. The van der Waals surface area contributed by atoms with Crippen LogP contribution in [0.1, 0.15) is 0 Å². The highest BCUT2D eigenvalue weighted by Gasteiger charge is 2.60. The summed E-state index contributed by atoms with van der Waals surface area (Å²) in [6, 6.07) is 11.7. The SMILES string of the molecule is F[B-](F)(O[n+]1ccc(-c2ccccc2)cc1)C(F)(F)F. The highest BCUT2D eigenvalue weighted by Crippen LogP contribution is 2.29. The molecule has 1 heterocycles. The summed E-state index contributed by atoms with van der Waals surface area (Å²) in [5.74, 6) is 0. The third-order valence-electron chi connectivity index (χ3n) is 2.54. The topological polar surface area (TPSA) is 13.1 Å². The van der Waals surface area contributed by atoms with Crippen molar-refractivity contribution in [2.24, 2.45) is 0 Å². The smallest absolute Gasteiger partial charge is 0.432 e. The Hall–Kier alpha value is -2.12. The molecule has 2 nitrogen and oxygen atoms in total. The quantitative estimate of drug-likeness (QED) is 0.481. The fraction of sp³-hybridized carbons (Fsp3) is 0.0833. The number of benzene rings is 1. The minimum absolute atomic E-state index is 0.347. The fourth-order valence-electron chi connectivity index (χ4n) is 1.52. The van der Waals surface area contributed by atoms with Crippen molar-refractivity contribution in [3.8, 4) is 11.1 Å². The van der Waals surface area contributed by atoms with Crippen LogP contribution in [0, 0.1) is 0 Å². The molecule has 0 amide bonds. The van der Waals surface area contributed by atoms with Crippen molar-refractivity contribution in [1.29, 1.82) is 0 Å². The van der Waals surface area contributed by atoms with Gasteiger partial charge in [0.15, 0.2) is 0 Å². The summed E-state index contributed by atoms with van der Waals surface area (Å²) < 4.78 is 65.5. The van der Waals surface area contributed by atoms with Crippen molar-refractivity contribution in [3.63, 3.8) is 0 Å². The van der Waals surface area contributed by atoms with E-state index in [1.54, 1.807) is 24.3 Å². The van der Waals surface area contributed by atoms with Crippen LogP contribution in [0.2, 0.25) is 0 Å². The van der Waals surface area contributed by atoms with E-state index in [1.165, 1.54) is 12.1 Å². The van der Waals surface area contributed by atoms with Crippen molar-refractivity contribution in [3.05, 3.63) is 54.9 Å². The van der Waals surface area contributed by atoms with Crippen LogP contribution in [0.3, 0.4) is 0 Å². The number of pyridine rings is 1. The number of halogens is 5. The molecule has 20 heavy (non-hydrogen) atoms. The summed E-state index contributed by atoms with van der Waals surface area (Å²) in [5.41, 5.74) is 1.49. The van der Waals surface area contributed by atoms with Crippen LogP contribution in [-0.2, 0) is 0 Å². The van der Waals surface area contributed by atoms with Gasteiger partial charge in [0, 0.05) is 12.1 Å². The van der Waals surface area contributed by atoms with E-state index in [-0.39, 0.29) is 0 Å². The zero-order valence-electron chi connectivity index (χ0n) is 10.0. The minimum atomic E-state index is -5.94. The molecular formula is C12H9BF5NO. The van der Waals surface area contributed by atoms with Gasteiger partial charge in [0.25, 0.3) is 0 Å². The van der Waals surface area contributed by atoms with Gasteiger partial charge in [0.1, 0.15) is 0 Å². The molecule has 0 N–H and O–H groups in total. The van der Waals surface area contributed by atoms with Crippen LogP contribution in [0.15, 0.2) is 54.9 Å². The van der Waals surface area contributed by atoms with E-state index in [2.05, 4.69) is 4.76 Å². The Bertz CT molecular complexity index is 571. The molecular weight excluding hydrogens is 280 g/mol. The Labute approximate surface area is 111 Å². The zero-order valence-corrected chi connectivity index (χ0v) is 10.0. The molecule has 0 unspecified atom stereocenters. The number of aromatic nitrogens is 1. The molecule has 0 aliphatic heterocycles. The second kappa shape index (κ2) is 5.11. The molecule has 0 spiro atoms. The fourth-order valence-corrected chi connectivity index (χ4v) is 1.52. The first kappa shape index (κ1) is 14.3. The Kier molecular flexibility index (Phi) is 3.65. The average molecular weight is 289 g/mol. The lowest BCUT2D eigenvalue weighted by molar-refractivity contribution is -0.868. The lowest BCUT2D eigenvalue weighted by Crippen LogP contribution is -2.61. The maximum absolute atomic E-state index is 12.7. The molecule has 0 bridgehead atoms. The number of hydrogen-bond acceptors (Lipinski definition) is 1. The van der Waals surface area contributed by atoms with Gasteiger partial charge < -0.3 is 13.4 Å². The Morgan fingerprint density at radius 1 is 0.850 bits per heavy atom. The van der Waals surface area contributed by atoms with E-state index in [0.717, 1.165) is 18.0 Å². The molecule has 2 aromatic rings. The predicted molar refractivity (Wildman–Crippen MR) is 62.7 cm³/mol. The number of alkyl halides is 3. The van der Waals surface area contributed by atoms with Crippen LogP contribution in [-0.4, -0.2) is 13.0 Å². The van der Waals surface area contributed by atoms with Gasteiger partial charge in [-0.05, 0) is 15.9 Å². The maximum Gasteiger partial charge on any atom is 0.658 e. The second-order valence-corrected chi connectivity index (χ2v) is 4.06. The number of nitrogens with zero attached hydrogens (tertiary/aromatic N) is 1. The molecule has 0 saturated heterocycles. The van der Waals surface area contributed by atoms with Gasteiger partial charge in [-0.3, -0.25) is 0 Å². The largest absolute Gasteiger partial charge is 0.658 e. The van der Waals surface area contributed by atoms with Gasteiger partial charge in [0.05, 0.1) is 0 Å². The highest BCUT2D eigenvalue weighted by atomic mass is 19.4. The van der Waals surface area contributed by atoms with Crippen LogP contribution < -0.4 is 9.49 Å². The first-order valence-electron chi connectivity index (χ1n) is 5.63. The summed E-state index contributed by atoms with van der Waals surface area (Å²) in [7, 11) is 0. The molecule has 106 valence electrons. The molecule has 0 radical (unpaired) electrons. The molecule has 0 aliphatic carbocycles. The van der Waals surface area contributed by atoms with E-state index in [4.69, 9.17) is 0 Å². The van der Waals surface area contributed by atoms with Crippen molar-refractivity contribution >= 4 is 6.90 Å². The summed E-state index contributed by atoms with van der Waals surface area (Å²) >= 11 is 0. The number of rotatable bonds is 3. The van der Waals surface area contributed by atoms with Gasteiger partial charge in [-0.25, -0.2) is 13.2 Å². The molecule has 1 aromatic carbocycles. The summed E-state index contributed by atoms with van der Waals surface area (Å²) in [4.78, 5) is 0. The van der Waals surface area contributed by atoms with Gasteiger partial charge in [-0.1, -0.05) is 30.3 Å². The lowest BCUT2D eigenvalue weighted by Gasteiger charge is -2.22. The molecule has 1 aromatic heterocycles. The van der Waals surface area contributed by atoms with Gasteiger partial charge in [0.2, 0.25) is 12.4 Å². The summed E-state index contributed by atoms with van der Waals surface area (Å²) in [6.07, 6.45) is -3.70. The van der Waals surface area contributed by atoms with E-state index in [1.807, 2.05) is 6.07 Å². The Morgan fingerprint density at radius 3 is 1.85 bits per heavy atom. The van der Waals surface area contributed by atoms with Crippen molar-refractivity contribution in [2.45, 2.75) is 6.08 Å². The van der Waals surface area contributed by atoms with E-state index in [0.29, 0.717) is 10.3 Å². The third kappa shape index (κ3) is 3.07. The van der Waals surface area contributed by atoms with Crippen LogP contribution in [0.5, 0.6) is 0 Å². The number of hydrogen-bond donors (Lipinski definition) is 0. The Morgan fingerprint density at radius 2 is 1.35 bits per heavy atom. The van der Waals surface area contributed by atoms with Crippen LogP contribution in [0.25, 0.3) is 11.1 Å². The zero-order chi connectivity index (χ0) is 14.8. The van der Waals surface area contributed by atoms with Crippen molar-refractivity contribution in [2.75, 3.05) is 0 Å². The molecule has 0 atom stereocenters. The summed E-state index contributed by atoms with van der Waals surface area (Å²) in [6.45, 7) is -5.94. The monoisotopic (exact) mass is 289 g/mol. The molecule has 2 rings (SSSR count). The predicted octanol–water partition coefficient (Wildman–Crippen LogP) is 3.05. The summed E-state index contributed by atoms with van der Waals surface area (Å²) in [5, 5.41) is 0. The van der Waals surface area contributed by atoms with Crippen LogP contribution in [0.4, 0.5) is 21.8 Å². The lowest BCUT2D eigenvalue weighted by atomic mass is 9.87. The highest BCUT2D eigenvalue weighted by molar-refractivity contribution is 6.61. The van der Waals surface area contributed by atoms with Gasteiger partial charge in [-0.2, -0.15) is 0 Å². The molecule has 0 saturated carbocycles. The first-order chi connectivity index (χ1) is 9.29. The van der Waals surface area contributed by atoms with Gasteiger partial charge >= 0.3 is 13.0 Å². The third-order valence-corrected chi connectivity index (χ3v) is 2.54. The maximum atomic E-state index is 12.7. The molecule has 0 fully saturated rings. The van der Waals surface area contributed by atoms with E-state index in [9.17, 15) is 21.8 Å². The molecule has 8 heteroatoms. The average Bonchev–Trinajstić information content (AvgIpc) is 2.39. The van der Waals surface area contributed by atoms with Crippen LogP contribution >= 0.6 is 0 Å². The van der Waals surface area contributed by atoms with E-state index >= 15 is 0 Å².